The van der Waals surface area contributed by atoms with E-state index in [9.17, 15) is 4.79 Å². The number of rotatable bonds is 3. The van der Waals surface area contributed by atoms with Crippen LogP contribution in [-0.4, -0.2) is 48.2 Å². The van der Waals surface area contributed by atoms with Gasteiger partial charge >= 0.3 is 0 Å². The highest BCUT2D eigenvalue weighted by Crippen LogP contribution is 2.38. The first kappa shape index (κ1) is 19.2. The molecule has 0 radical (unpaired) electrons. The molecule has 3 heterocycles. The number of hydrogen-bond donors (Lipinski definition) is 0. The van der Waals surface area contributed by atoms with Crippen molar-refractivity contribution in [3.05, 3.63) is 70.3 Å². The van der Waals surface area contributed by atoms with Crippen LogP contribution < -0.4 is 4.74 Å². The molecule has 0 N–H and O–H groups in total. The number of nitrogens with zero attached hydrogens (tertiary/aromatic N) is 2. The van der Waals surface area contributed by atoms with Crippen molar-refractivity contribution in [2.45, 2.75) is 19.4 Å². The average molecular weight is 425 g/mol. The fourth-order valence-corrected chi connectivity index (χ4v) is 4.30. The second-order valence-corrected chi connectivity index (χ2v) is 8.01. The number of morpholine rings is 1. The van der Waals surface area contributed by atoms with Crippen LogP contribution in [0.4, 0.5) is 0 Å². The minimum atomic E-state index is -0.0810. The number of benzene rings is 2. The van der Waals surface area contributed by atoms with Gasteiger partial charge in [-0.2, -0.15) is 0 Å². The lowest BCUT2D eigenvalue weighted by molar-refractivity contribution is -0.0109. The zero-order valence-electron chi connectivity index (χ0n) is 16.6. The maximum absolute atomic E-state index is 13.2. The van der Waals surface area contributed by atoms with Crippen LogP contribution in [0.3, 0.4) is 0 Å². The van der Waals surface area contributed by atoms with Crippen LogP contribution >= 0.6 is 11.6 Å². The highest BCUT2D eigenvalue weighted by atomic mass is 35.5. The van der Waals surface area contributed by atoms with E-state index in [1.807, 2.05) is 30.0 Å². The predicted molar refractivity (Wildman–Crippen MR) is 112 cm³/mol. The summed E-state index contributed by atoms with van der Waals surface area (Å²) in [5.41, 5.74) is 5.38. The lowest BCUT2D eigenvalue weighted by Crippen LogP contribution is -2.50. The standard InChI is InChI=1S/C23H21ClN2O4/c1-14-17(8-15-2-4-16(5-3-15)20-12-29-13-25-20)9-19-22(21(14)24)30-11-18-10-28-7-6-26(18)23(19)27/h2-5,9,12-13,18H,6-8,10-11H2,1H3/t18-/m1/s1. The van der Waals surface area contributed by atoms with Crippen molar-refractivity contribution in [2.24, 2.45) is 0 Å². The summed E-state index contributed by atoms with van der Waals surface area (Å²) in [7, 11) is 0. The third kappa shape index (κ3) is 3.36. The maximum Gasteiger partial charge on any atom is 0.258 e. The molecule has 6 nitrogen and oxygen atoms in total. The highest BCUT2D eigenvalue weighted by molar-refractivity contribution is 6.33. The van der Waals surface area contributed by atoms with Crippen molar-refractivity contribution in [1.29, 1.82) is 0 Å². The predicted octanol–water partition coefficient (Wildman–Crippen LogP) is 4.13. The van der Waals surface area contributed by atoms with Crippen LogP contribution in [0.2, 0.25) is 5.02 Å². The monoisotopic (exact) mass is 424 g/mol. The van der Waals surface area contributed by atoms with Crippen molar-refractivity contribution in [3.63, 3.8) is 0 Å². The first-order valence-electron chi connectivity index (χ1n) is 9.93. The lowest BCUT2D eigenvalue weighted by Gasteiger charge is -2.33. The molecule has 3 aromatic rings. The molecule has 5 rings (SSSR count). The van der Waals surface area contributed by atoms with Crippen LogP contribution in [0.5, 0.6) is 5.75 Å². The van der Waals surface area contributed by atoms with Crippen LogP contribution in [0, 0.1) is 6.92 Å². The number of fused-ring (bicyclic) bond motifs is 2. The third-order valence-corrected chi connectivity index (χ3v) is 6.24. The van der Waals surface area contributed by atoms with Crippen molar-refractivity contribution in [2.75, 3.05) is 26.4 Å². The summed E-state index contributed by atoms with van der Waals surface area (Å²) in [4.78, 5) is 19.3. The molecule has 154 valence electrons. The van der Waals surface area contributed by atoms with Crippen molar-refractivity contribution in [3.8, 4) is 17.0 Å². The Morgan fingerprint density at radius 2 is 2.07 bits per heavy atom. The lowest BCUT2D eigenvalue weighted by atomic mass is 9.96. The van der Waals surface area contributed by atoms with Gasteiger partial charge < -0.3 is 18.8 Å². The zero-order chi connectivity index (χ0) is 20.7. The van der Waals surface area contributed by atoms with E-state index in [2.05, 4.69) is 17.1 Å². The van der Waals surface area contributed by atoms with Gasteiger partial charge in [-0.3, -0.25) is 4.79 Å². The van der Waals surface area contributed by atoms with Gasteiger partial charge in [-0.05, 0) is 36.1 Å². The largest absolute Gasteiger partial charge is 0.489 e. The normalized spacial score (nSPS) is 18.4. The smallest absolute Gasteiger partial charge is 0.258 e. The molecule has 1 atom stereocenters. The number of amides is 1. The van der Waals surface area contributed by atoms with Crippen molar-refractivity contribution >= 4 is 17.5 Å². The molecule has 30 heavy (non-hydrogen) atoms. The Hall–Kier alpha value is -2.83. The van der Waals surface area contributed by atoms with Gasteiger partial charge in [0.1, 0.15) is 18.6 Å². The first-order valence-corrected chi connectivity index (χ1v) is 10.3. The number of hydrogen-bond acceptors (Lipinski definition) is 5. The molecule has 0 aliphatic carbocycles. The van der Waals surface area contributed by atoms with E-state index < -0.39 is 0 Å². The van der Waals surface area contributed by atoms with Gasteiger partial charge in [0.25, 0.3) is 5.91 Å². The molecule has 0 bridgehead atoms. The van der Waals surface area contributed by atoms with E-state index in [-0.39, 0.29) is 11.9 Å². The summed E-state index contributed by atoms with van der Waals surface area (Å²) in [5.74, 6) is 0.444. The molecule has 0 saturated carbocycles. The van der Waals surface area contributed by atoms with Gasteiger partial charge in [-0.1, -0.05) is 35.9 Å². The molecule has 1 fully saturated rings. The summed E-state index contributed by atoms with van der Waals surface area (Å²) >= 11 is 6.66. The van der Waals surface area contributed by atoms with Crippen molar-refractivity contribution in [1.82, 2.24) is 9.88 Å². The van der Waals surface area contributed by atoms with Crippen molar-refractivity contribution < 1.29 is 18.7 Å². The summed E-state index contributed by atoms with van der Waals surface area (Å²) in [6, 6.07) is 9.99. The van der Waals surface area contributed by atoms with E-state index in [1.54, 1.807) is 6.26 Å². The molecular formula is C23H21ClN2O4. The Kier molecular flexibility index (Phi) is 4.97. The van der Waals surface area contributed by atoms with Crippen LogP contribution in [0.25, 0.3) is 11.3 Å². The Balaban J connectivity index is 1.47. The number of aromatic nitrogens is 1. The van der Waals surface area contributed by atoms with Gasteiger partial charge in [0.05, 0.1) is 29.8 Å². The SMILES string of the molecule is Cc1c(Cc2ccc(-c3cocn3)cc2)cc2c(c1Cl)OC[C@H]1COCCN1C2=O. The summed E-state index contributed by atoms with van der Waals surface area (Å²) in [6.45, 7) is 3.96. The molecule has 2 aromatic carbocycles. The summed E-state index contributed by atoms with van der Waals surface area (Å²) in [5, 5.41) is 0.510. The van der Waals surface area contributed by atoms with Crippen LogP contribution in [0.1, 0.15) is 27.0 Å². The molecule has 2 aliphatic rings. The Morgan fingerprint density at radius 1 is 1.23 bits per heavy atom. The van der Waals surface area contributed by atoms with Crippen LogP contribution in [-0.2, 0) is 11.2 Å². The highest BCUT2D eigenvalue weighted by Gasteiger charge is 2.35. The molecule has 1 aromatic heterocycles. The fraction of sp³-hybridized carbons (Fsp3) is 0.304. The van der Waals surface area contributed by atoms with Gasteiger partial charge in [0.15, 0.2) is 12.1 Å². The number of oxazole rings is 1. The second kappa shape index (κ2) is 7.78. The van der Waals surface area contributed by atoms with Gasteiger partial charge in [-0.25, -0.2) is 4.98 Å². The molecule has 0 spiro atoms. The Bertz CT molecular complexity index is 1080. The minimum absolute atomic E-state index is 0.0414. The molecule has 2 aliphatic heterocycles. The second-order valence-electron chi connectivity index (χ2n) is 7.64. The number of carbonyl (C=O) groups excluding carboxylic acids is 1. The molecular weight excluding hydrogens is 404 g/mol. The minimum Gasteiger partial charge on any atom is -0.489 e. The van der Waals surface area contributed by atoms with Crippen LogP contribution in [0.15, 0.2) is 47.4 Å². The van der Waals surface area contributed by atoms with E-state index >= 15 is 0 Å². The summed E-state index contributed by atoms with van der Waals surface area (Å²) < 4.78 is 16.5. The number of halogens is 1. The molecule has 1 amide bonds. The zero-order valence-corrected chi connectivity index (χ0v) is 17.3. The fourth-order valence-electron chi connectivity index (χ4n) is 4.02. The maximum atomic E-state index is 13.2. The van der Waals surface area contributed by atoms with E-state index in [1.165, 1.54) is 6.39 Å². The molecule has 0 unspecified atom stereocenters. The van der Waals surface area contributed by atoms with E-state index in [4.69, 9.17) is 25.5 Å². The quantitative estimate of drug-likeness (QED) is 0.632. The van der Waals surface area contributed by atoms with Gasteiger partial charge in [0.2, 0.25) is 0 Å². The molecule has 7 heteroatoms. The number of carbonyl (C=O) groups is 1. The van der Waals surface area contributed by atoms with Gasteiger partial charge in [-0.15, -0.1) is 0 Å². The first-order chi connectivity index (χ1) is 14.6. The number of ether oxygens (including phenoxy) is 2. The van der Waals surface area contributed by atoms with E-state index in [0.29, 0.717) is 49.1 Å². The van der Waals surface area contributed by atoms with E-state index in [0.717, 1.165) is 27.9 Å². The average Bonchev–Trinajstić information content (AvgIpc) is 3.27. The topological polar surface area (TPSA) is 64.8 Å². The Labute approximate surface area is 179 Å². The third-order valence-electron chi connectivity index (χ3n) is 5.79. The summed E-state index contributed by atoms with van der Waals surface area (Å²) in [6.07, 6.45) is 3.70. The Morgan fingerprint density at radius 3 is 2.83 bits per heavy atom. The molecule has 1 saturated heterocycles. The van der Waals surface area contributed by atoms with Gasteiger partial charge in [0, 0.05) is 12.1 Å².